The predicted octanol–water partition coefficient (Wildman–Crippen LogP) is 2.72. The molecule has 1 heterocycles. The zero-order valence-corrected chi connectivity index (χ0v) is 12.4. The Morgan fingerprint density at radius 1 is 1.47 bits per heavy atom. The average Bonchev–Trinajstić information content (AvgIpc) is 2.40. The number of benzene rings is 1. The third-order valence-electron chi connectivity index (χ3n) is 3.63. The highest BCUT2D eigenvalue weighted by molar-refractivity contribution is 7.80. The number of hydrogen-bond acceptors (Lipinski definition) is 3. The van der Waals surface area contributed by atoms with Crippen LogP contribution in [0.15, 0.2) is 18.2 Å². The van der Waals surface area contributed by atoms with Crippen molar-refractivity contribution >= 4 is 34.5 Å². The van der Waals surface area contributed by atoms with Crippen LogP contribution in [0, 0.1) is 0 Å². The molecule has 1 unspecified atom stereocenters. The number of nitrogens with zero attached hydrogens (tertiary/aromatic N) is 1. The van der Waals surface area contributed by atoms with Crippen LogP contribution >= 0.6 is 23.8 Å². The van der Waals surface area contributed by atoms with Gasteiger partial charge in [0.2, 0.25) is 0 Å². The molecule has 1 saturated heterocycles. The van der Waals surface area contributed by atoms with E-state index in [1.165, 1.54) is 6.42 Å². The van der Waals surface area contributed by atoms with Crippen LogP contribution in [-0.2, 0) is 0 Å². The Morgan fingerprint density at radius 3 is 2.89 bits per heavy atom. The van der Waals surface area contributed by atoms with Gasteiger partial charge in [0.05, 0.1) is 10.7 Å². The molecular formula is C14H19ClN2OS. The highest BCUT2D eigenvalue weighted by Gasteiger charge is 2.23. The van der Waals surface area contributed by atoms with E-state index in [1.54, 1.807) is 0 Å². The third-order valence-corrected chi connectivity index (χ3v) is 4.17. The molecule has 0 spiro atoms. The van der Waals surface area contributed by atoms with Gasteiger partial charge in [0.15, 0.2) is 0 Å². The van der Waals surface area contributed by atoms with Crippen molar-refractivity contribution < 1.29 is 5.11 Å². The van der Waals surface area contributed by atoms with Crippen molar-refractivity contribution in [3.63, 3.8) is 0 Å². The molecule has 1 atom stereocenters. The lowest BCUT2D eigenvalue weighted by Crippen LogP contribution is -2.40. The maximum atomic E-state index is 9.18. The number of piperidine rings is 1. The lowest BCUT2D eigenvalue weighted by molar-refractivity contribution is 0.262. The molecule has 1 aliphatic rings. The number of halogens is 1. The normalized spacial score (nSPS) is 19.5. The Bertz CT molecular complexity index is 465. The molecule has 0 saturated carbocycles. The monoisotopic (exact) mass is 298 g/mol. The molecule has 1 fully saturated rings. The van der Waals surface area contributed by atoms with Gasteiger partial charge in [-0.1, -0.05) is 23.8 Å². The van der Waals surface area contributed by atoms with Crippen molar-refractivity contribution in [3.8, 4) is 0 Å². The second-order valence-corrected chi connectivity index (χ2v) is 5.73. The van der Waals surface area contributed by atoms with E-state index in [-0.39, 0.29) is 6.61 Å². The maximum absolute atomic E-state index is 9.18. The summed E-state index contributed by atoms with van der Waals surface area (Å²) in [7, 11) is 0. The molecule has 5 heteroatoms. The van der Waals surface area contributed by atoms with E-state index in [0.29, 0.717) is 16.1 Å². The van der Waals surface area contributed by atoms with Crippen LogP contribution in [0.1, 0.15) is 31.2 Å². The molecule has 1 aromatic carbocycles. The first-order valence-corrected chi connectivity index (χ1v) is 7.39. The summed E-state index contributed by atoms with van der Waals surface area (Å²) in [6.07, 6.45) is 4.26. The second-order valence-electron chi connectivity index (χ2n) is 4.89. The van der Waals surface area contributed by atoms with E-state index in [2.05, 4.69) is 4.90 Å². The largest absolute Gasteiger partial charge is 0.396 e. The van der Waals surface area contributed by atoms with Gasteiger partial charge in [0, 0.05) is 24.8 Å². The lowest BCUT2D eigenvalue weighted by atomic mass is 9.98. The first-order valence-electron chi connectivity index (χ1n) is 6.60. The van der Waals surface area contributed by atoms with Crippen LogP contribution in [0.2, 0.25) is 5.02 Å². The van der Waals surface area contributed by atoms with E-state index in [9.17, 15) is 5.11 Å². The summed E-state index contributed by atoms with van der Waals surface area (Å²) in [6.45, 7) is 1.19. The Kier molecular flexibility index (Phi) is 5.02. The number of nitrogens with two attached hydrogens (primary N) is 1. The van der Waals surface area contributed by atoms with Gasteiger partial charge in [-0.25, -0.2) is 0 Å². The smallest absolute Gasteiger partial charge is 0.104 e. The summed E-state index contributed by atoms with van der Waals surface area (Å²) in [5.74, 6) is 0. The molecule has 0 amide bonds. The Labute approximate surface area is 124 Å². The van der Waals surface area contributed by atoms with Crippen LogP contribution in [0.25, 0.3) is 0 Å². The fraction of sp³-hybridized carbons (Fsp3) is 0.500. The van der Waals surface area contributed by atoms with Crippen molar-refractivity contribution in [2.45, 2.75) is 31.7 Å². The van der Waals surface area contributed by atoms with Crippen molar-refractivity contribution in [3.05, 3.63) is 28.8 Å². The molecule has 0 aromatic heterocycles. The molecule has 0 aliphatic carbocycles. The van der Waals surface area contributed by atoms with Crippen LogP contribution < -0.4 is 10.6 Å². The fourth-order valence-corrected chi connectivity index (χ4v) is 3.08. The minimum Gasteiger partial charge on any atom is -0.396 e. The van der Waals surface area contributed by atoms with Crippen LogP contribution in [0.5, 0.6) is 0 Å². The maximum Gasteiger partial charge on any atom is 0.104 e. The first-order chi connectivity index (χ1) is 9.13. The zero-order valence-electron chi connectivity index (χ0n) is 10.8. The van der Waals surface area contributed by atoms with Crippen molar-refractivity contribution in [1.82, 2.24) is 0 Å². The van der Waals surface area contributed by atoms with E-state index < -0.39 is 0 Å². The minimum atomic E-state index is 0.212. The number of aliphatic hydroxyl groups is 1. The minimum absolute atomic E-state index is 0.212. The number of hydrogen-bond donors (Lipinski definition) is 2. The highest BCUT2D eigenvalue weighted by atomic mass is 35.5. The van der Waals surface area contributed by atoms with E-state index in [0.717, 1.165) is 37.1 Å². The molecule has 1 aliphatic heterocycles. The molecular weight excluding hydrogens is 280 g/mol. The van der Waals surface area contributed by atoms with Crippen LogP contribution in [0.4, 0.5) is 5.69 Å². The highest BCUT2D eigenvalue weighted by Crippen LogP contribution is 2.32. The Hall–Kier alpha value is -0.840. The first kappa shape index (κ1) is 14.6. The predicted molar refractivity (Wildman–Crippen MR) is 84.0 cm³/mol. The molecule has 2 rings (SSSR count). The summed E-state index contributed by atoms with van der Waals surface area (Å²) >= 11 is 11.3. The van der Waals surface area contributed by atoms with Gasteiger partial charge in [0.25, 0.3) is 0 Å². The van der Waals surface area contributed by atoms with Gasteiger partial charge in [-0.15, -0.1) is 0 Å². The molecule has 1 aromatic rings. The number of rotatable bonds is 4. The van der Waals surface area contributed by atoms with Gasteiger partial charge in [-0.2, -0.15) is 0 Å². The molecule has 3 N–H and O–H groups in total. The number of anilines is 1. The zero-order chi connectivity index (χ0) is 13.8. The summed E-state index contributed by atoms with van der Waals surface area (Å²) < 4.78 is 0. The van der Waals surface area contributed by atoms with E-state index >= 15 is 0 Å². The van der Waals surface area contributed by atoms with Crippen LogP contribution in [0.3, 0.4) is 0 Å². The van der Waals surface area contributed by atoms with Crippen molar-refractivity contribution in [2.24, 2.45) is 5.73 Å². The molecule has 104 valence electrons. The number of thiocarbonyl (C=S) groups is 1. The van der Waals surface area contributed by atoms with E-state index in [1.807, 2.05) is 18.2 Å². The summed E-state index contributed by atoms with van der Waals surface area (Å²) in [5.41, 5.74) is 7.42. The molecule has 19 heavy (non-hydrogen) atoms. The standard InChI is InChI=1S/C14H19ClN2OS/c15-12-9-10(14(16)19)4-5-13(12)17-7-2-1-3-11(17)6-8-18/h4-5,9,11,18H,1-3,6-8H2,(H2,16,19). The Balaban J connectivity index is 2.26. The van der Waals surface area contributed by atoms with Gasteiger partial charge >= 0.3 is 0 Å². The quantitative estimate of drug-likeness (QED) is 0.839. The topological polar surface area (TPSA) is 49.5 Å². The van der Waals surface area contributed by atoms with E-state index in [4.69, 9.17) is 29.6 Å². The van der Waals surface area contributed by atoms with Crippen molar-refractivity contribution in [2.75, 3.05) is 18.1 Å². The van der Waals surface area contributed by atoms with Gasteiger partial charge in [0.1, 0.15) is 4.99 Å². The second kappa shape index (κ2) is 6.55. The third kappa shape index (κ3) is 3.38. The van der Waals surface area contributed by atoms with Crippen molar-refractivity contribution in [1.29, 1.82) is 0 Å². The summed E-state index contributed by atoms with van der Waals surface area (Å²) in [5, 5.41) is 9.85. The van der Waals surface area contributed by atoms with Gasteiger partial charge in [-0.05, 0) is 43.9 Å². The summed E-state index contributed by atoms with van der Waals surface area (Å²) in [6, 6.07) is 6.08. The number of aliphatic hydroxyl groups excluding tert-OH is 1. The molecule has 0 radical (unpaired) electrons. The Morgan fingerprint density at radius 2 is 2.26 bits per heavy atom. The van der Waals surface area contributed by atoms with Crippen LogP contribution in [-0.4, -0.2) is 29.3 Å². The average molecular weight is 299 g/mol. The summed E-state index contributed by atoms with van der Waals surface area (Å²) in [4.78, 5) is 2.66. The van der Waals surface area contributed by atoms with Gasteiger partial charge < -0.3 is 15.7 Å². The van der Waals surface area contributed by atoms with Gasteiger partial charge in [-0.3, -0.25) is 0 Å². The molecule has 3 nitrogen and oxygen atoms in total. The molecule has 0 bridgehead atoms. The lowest BCUT2D eigenvalue weighted by Gasteiger charge is -2.38. The SMILES string of the molecule is NC(=S)c1ccc(N2CCCCC2CCO)c(Cl)c1. The fourth-order valence-electron chi connectivity index (χ4n) is 2.66.